The number of carbonyl (C=O) groups excluding carboxylic acids is 3. The van der Waals surface area contributed by atoms with Crippen molar-refractivity contribution in [3.05, 3.63) is 100 Å². The number of nitrogens with zero attached hydrogens (tertiary/aromatic N) is 1. The summed E-state index contributed by atoms with van der Waals surface area (Å²) in [6.45, 7) is 8.02. The van der Waals surface area contributed by atoms with Crippen molar-refractivity contribution in [2.24, 2.45) is 0 Å². The number of rotatable bonds is 7. The van der Waals surface area contributed by atoms with Gasteiger partial charge in [0.15, 0.2) is 0 Å². The molecule has 0 radical (unpaired) electrons. The van der Waals surface area contributed by atoms with Gasteiger partial charge in [0.05, 0.1) is 30.4 Å². The number of carbonyl (C=O) groups is 3. The van der Waals surface area contributed by atoms with Crippen LogP contribution in [0, 0.1) is 13.8 Å². The second-order valence-corrected chi connectivity index (χ2v) is 8.71. The molecule has 7 nitrogen and oxygen atoms in total. The van der Waals surface area contributed by atoms with Crippen LogP contribution in [0.5, 0.6) is 5.75 Å². The molecule has 1 heterocycles. The van der Waals surface area contributed by atoms with E-state index in [1.807, 2.05) is 45.0 Å². The molecule has 4 rings (SSSR count). The van der Waals surface area contributed by atoms with E-state index < -0.39 is 23.7 Å². The highest BCUT2D eigenvalue weighted by molar-refractivity contribution is 6.51. The maximum Gasteiger partial charge on any atom is 0.338 e. The minimum absolute atomic E-state index is 0.0237. The predicted molar refractivity (Wildman–Crippen MR) is 141 cm³/mol. The van der Waals surface area contributed by atoms with Gasteiger partial charge in [-0.1, -0.05) is 30.3 Å². The highest BCUT2D eigenvalue weighted by atomic mass is 16.5. The quantitative estimate of drug-likeness (QED) is 0.200. The summed E-state index contributed by atoms with van der Waals surface area (Å²) in [4.78, 5) is 40.6. The molecule has 0 bridgehead atoms. The van der Waals surface area contributed by atoms with E-state index in [0.29, 0.717) is 29.2 Å². The highest BCUT2D eigenvalue weighted by Crippen LogP contribution is 2.43. The maximum atomic E-state index is 13.5. The number of esters is 1. The van der Waals surface area contributed by atoms with Crippen LogP contribution in [-0.4, -0.2) is 36.0 Å². The van der Waals surface area contributed by atoms with Crippen molar-refractivity contribution in [1.29, 1.82) is 0 Å². The molecule has 1 amide bonds. The number of aliphatic hydroxyl groups is 1. The number of amides is 1. The van der Waals surface area contributed by atoms with Gasteiger partial charge in [-0.15, -0.1) is 0 Å². The molecule has 1 saturated heterocycles. The minimum Gasteiger partial charge on any atom is -0.507 e. The Labute approximate surface area is 215 Å². The van der Waals surface area contributed by atoms with Gasteiger partial charge in [-0.2, -0.15) is 0 Å². The Morgan fingerprint density at radius 3 is 2.32 bits per heavy atom. The Morgan fingerprint density at radius 1 is 0.892 bits per heavy atom. The van der Waals surface area contributed by atoms with Gasteiger partial charge in [-0.3, -0.25) is 14.5 Å². The Balaban J connectivity index is 1.91. The fraction of sp³-hybridized carbons (Fsp3) is 0.233. The molecule has 1 unspecified atom stereocenters. The van der Waals surface area contributed by atoms with Crippen molar-refractivity contribution in [2.45, 2.75) is 33.7 Å². The largest absolute Gasteiger partial charge is 0.507 e. The van der Waals surface area contributed by atoms with Gasteiger partial charge in [-0.25, -0.2) is 4.79 Å². The lowest BCUT2D eigenvalue weighted by Gasteiger charge is -2.27. The molecule has 0 saturated carbocycles. The van der Waals surface area contributed by atoms with Crippen molar-refractivity contribution in [1.82, 2.24) is 0 Å². The molecule has 37 heavy (non-hydrogen) atoms. The zero-order chi connectivity index (χ0) is 26.7. The molecule has 0 aliphatic carbocycles. The number of aliphatic hydroxyl groups excluding tert-OH is 1. The van der Waals surface area contributed by atoms with Crippen LogP contribution in [0.2, 0.25) is 0 Å². The number of hydrogen-bond donors (Lipinski definition) is 1. The lowest BCUT2D eigenvalue weighted by atomic mass is 9.92. The first kappa shape index (κ1) is 25.7. The van der Waals surface area contributed by atoms with Crippen LogP contribution in [-0.2, 0) is 14.3 Å². The molecule has 7 heteroatoms. The van der Waals surface area contributed by atoms with Crippen molar-refractivity contribution in [3.8, 4) is 5.75 Å². The smallest absolute Gasteiger partial charge is 0.338 e. The van der Waals surface area contributed by atoms with Gasteiger partial charge in [0.2, 0.25) is 0 Å². The standard InChI is InChI=1S/C30H29NO6/c1-5-36-24-15-14-20(16-19(24)4)27(32)25-26(23-13-8-7-10-18(23)3)31(29(34)28(25)33)22-12-9-11-21(17-22)30(35)37-6-2/h7-17,26,32H,5-6H2,1-4H3/b27-25+. The van der Waals surface area contributed by atoms with Crippen LogP contribution in [0.25, 0.3) is 5.76 Å². The van der Waals surface area contributed by atoms with Crippen LogP contribution >= 0.6 is 0 Å². The summed E-state index contributed by atoms with van der Waals surface area (Å²) in [5.41, 5.74) is 3.30. The Kier molecular flexibility index (Phi) is 7.43. The van der Waals surface area contributed by atoms with E-state index in [0.717, 1.165) is 11.1 Å². The molecule has 1 fully saturated rings. The monoisotopic (exact) mass is 499 g/mol. The summed E-state index contributed by atoms with van der Waals surface area (Å²) < 4.78 is 10.7. The molecule has 1 atom stereocenters. The van der Waals surface area contributed by atoms with Crippen LogP contribution in [0.4, 0.5) is 5.69 Å². The number of hydrogen-bond acceptors (Lipinski definition) is 6. The number of ketones is 1. The van der Waals surface area contributed by atoms with Crippen molar-refractivity contribution in [3.63, 3.8) is 0 Å². The summed E-state index contributed by atoms with van der Waals surface area (Å²) >= 11 is 0. The van der Waals surface area contributed by atoms with E-state index in [-0.39, 0.29) is 23.5 Å². The molecule has 0 spiro atoms. The van der Waals surface area contributed by atoms with E-state index >= 15 is 0 Å². The van der Waals surface area contributed by atoms with E-state index in [4.69, 9.17) is 9.47 Å². The summed E-state index contributed by atoms with van der Waals surface area (Å²) in [5, 5.41) is 11.4. The second kappa shape index (κ2) is 10.7. The molecule has 1 N–H and O–H groups in total. The Bertz CT molecular complexity index is 1410. The highest BCUT2D eigenvalue weighted by Gasteiger charge is 2.47. The number of anilines is 1. The lowest BCUT2D eigenvalue weighted by molar-refractivity contribution is -0.132. The molecule has 1 aliphatic heterocycles. The predicted octanol–water partition coefficient (Wildman–Crippen LogP) is 5.51. The number of benzene rings is 3. The topological polar surface area (TPSA) is 93.1 Å². The molecule has 0 aromatic heterocycles. The fourth-order valence-corrected chi connectivity index (χ4v) is 4.55. The van der Waals surface area contributed by atoms with Gasteiger partial charge < -0.3 is 14.6 Å². The van der Waals surface area contributed by atoms with Gasteiger partial charge in [0, 0.05) is 11.3 Å². The van der Waals surface area contributed by atoms with E-state index in [9.17, 15) is 19.5 Å². The normalized spacial score (nSPS) is 16.6. The summed E-state index contributed by atoms with van der Waals surface area (Å²) in [5.74, 6) is -1.73. The van der Waals surface area contributed by atoms with Gasteiger partial charge in [0.1, 0.15) is 11.5 Å². The first-order valence-electron chi connectivity index (χ1n) is 12.2. The van der Waals surface area contributed by atoms with Crippen LogP contribution in [0.15, 0.2) is 72.3 Å². The Hall–Kier alpha value is -4.39. The van der Waals surface area contributed by atoms with Crippen LogP contribution in [0.1, 0.15) is 52.5 Å². The summed E-state index contributed by atoms with van der Waals surface area (Å²) in [6.07, 6.45) is 0. The molecule has 190 valence electrons. The van der Waals surface area contributed by atoms with Crippen LogP contribution < -0.4 is 9.64 Å². The zero-order valence-corrected chi connectivity index (χ0v) is 21.3. The molecular weight excluding hydrogens is 470 g/mol. The van der Waals surface area contributed by atoms with E-state index in [1.54, 1.807) is 43.3 Å². The van der Waals surface area contributed by atoms with Crippen LogP contribution in [0.3, 0.4) is 0 Å². The third kappa shape index (κ3) is 4.85. The number of ether oxygens (including phenoxy) is 2. The molecule has 3 aromatic carbocycles. The lowest BCUT2D eigenvalue weighted by Crippen LogP contribution is -2.30. The van der Waals surface area contributed by atoms with Crippen molar-refractivity contribution in [2.75, 3.05) is 18.1 Å². The van der Waals surface area contributed by atoms with Crippen molar-refractivity contribution < 1.29 is 29.0 Å². The number of Topliss-reactive ketones (excluding diaryl/α,β-unsaturated/α-hetero) is 1. The molecular formula is C30H29NO6. The summed E-state index contributed by atoms with van der Waals surface area (Å²) in [7, 11) is 0. The zero-order valence-electron chi connectivity index (χ0n) is 21.3. The number of aryl methyl sites for hydroxylation is 2. The van der Waals surface area contributed by atoms with Crippen molar-refractivity contribution >= 4 is 29.1 Å². The third-order valence-corrected chi connectivity index (χ3v) is 6.31. The molecule has 1 aliphatic rings. The van der Waals surface area contributed by atoms with Gasteiger partial charge >= 0.3 is 5.97 Å². The first-order chi connectivity index (χ1) is 17.8. The first-order valence-corrected chi connectivity index (χ1v) is 12.2. The van der Waals surface area contributed by atoms with Gasteiger partial charge in [-0.05, 0) is 80.8 Å². The molecule has 3 aromatic rings. The van der Waals surface area contributed by atoms with E-state index in [1.165, 1.54) is 11.0 Å². The van der Waals surface area contributed by atoms with E-state index in [2.05, 4.69) is 0 Å². The SMILES string of the molecule is CCOC(=O)c1cccc(N2C(=O)C(=O)/C(=C(/O)c3ccc(OCC)c(C)c3)C2c2ccccc2C)c1. The third-order valence-electron chi connectivity index (χ3n) is 6.31. The van der Waals surface area contributed by atoms with Gasteiger partial charge in [0.25, 0.3) is 11.7 Å². The summed E-state index contributed by atoms with van der Waals surface area (Å²) in [6, 6.07) is 18.0. The Morgan fingerprint density at radius 2 is 1.65 bits per heavy atom. The fourth-order valence-electron chi connectivity index (χ4n) is 4.55. The maximum absolute atomic E-state index is 13.5. The average Bonchev–Trinajstić information content (AvgIpc) is 3.15. The second-order valence-electron chi connectivity index (χ2n) is 8.71. The minimum atomic E-state index is -0.898. The average molecular weight is 500 g/mol.